The van der Waals surface area contributed by atoms with E-state index in [2.05, 4.69) is 20.6 Å². The van der Waals surface area contributed by atoms with Crippen molar-refractivity contribution in [1.29, 1.82) is 0 Å². The molecule has 1 N–H and O–H groups in total. The first-order valence-corrected chi connectivity index (χ1v) is 7.41. The maximum Gasteiger partial charge on any atom is 0.256 e. The number of rotatable bonds is 4. The molecular weight excluding hydrogens is 292 g/mol. The van der Waals surface area contributed by atoms with Crippen LogP contribution in [0.4, 0.5) is 5.69 Å². The predicted octanol–water partition coefficient (Wildman–Crippen LogP) is 2.35. The Morgan fingerprint density at radius 2 is 1.87 bits per heavy atom. The molecule has 3 aromatic rings. The van der Waals surface area contributed by atoms with Gasteiger partial charge in [0.2, 0.25) is 0 Å². The lowest BCUT2D eigenvalue weighted by molar-refractivity contribution is 0.102. The normalized spacial score (nSPS) is 10.7. The number of benzene rings is 1. The number of carbonyl (C=O) groups excluding carboxylic acids is 1. The Kier molecular flexibility index (Phi) is 3.92. The Morgan fingerprint density at radius 3 is 2.52 bits per heavy atom. The van der Waals surface area contributed by atoms with Crippen LogP contribution in [0.5, 0.6) is 0 Å². The van der Waals surface area contributed by atoms with Gasteiger partial charge in [0.15, 0.2) is 5.82 Å². The fourth-order valence-corrected chi connectivity index (χ4v) is 2.48. The first-order chi connectivity index (χ1) is 11.1. The van der Waals surface area contributed by atoms with Crippen LogP contribution in [0.3, 0.4) is 0 Å². The van der Waals surface area contributed by atoms with Crippen LogP contribution in [0, 0.1) is 13.8 Å². The lowest BCUT2D eigenvalue weighted by atomic mass is 10.1. The van der Waals surface area contributed by atoms with Crippen molar-refractivity contribution in [2.75, 3.05) is 5.32 Å². The second-order valence-electron chi connectivity index (χ2n) is 5.24. The zero-order valence-electron chi connectivity index (χ0n) is 13.3. The van der Waals surface area contributed by atoms with Gasteiger partial charge in [-0.25, -0.2) is 0 Å². The van der Waals surface area contributed by atoms with Crippen LogP contribution in [-0.2, 0) is 6.54 Å². The van der Waals surface area contributed by atoms with Crippen LogP contribution in [0.2, 0.25) is 0 Å². The minimum Gasteiger partial charge on any atom is -0.317 e. The lowest BCUT2D eigenvalue weighted by Gasteiger charge is -2.09. The number of nitrogens with zero attached hydrogens (tertiary/aromatic N) is 5. The molecule has 3 rings (SSSR count). The third kappa shape index (κ3) is 2.73. The maximum absolute atomic E-state index is 12.6. The van der Waals surface area contributed by atoms with Gasteiger partial charge in [-0.2, -0.15) is 5.10 Å². The molecule has 0 radical (unpaired) electrons. The summed E-state index contributed by atoms with van der Waals surface area (Å²) in [5.74, 6) is 0.451. The molecule has 0 aliphatic heterocycles. The quantitative estimate of drug-likeness (QED) is 0.802. The standard InChI is InChI=1S/C16H18N6O/c1-4-22-12(3)14(15(20-22)21-9-17-18-10-21)19-16(23)13-8-6-5-7-11(13)2/h5-10H,4H2,1-3H3,(H,19,23). The average molecular weight is 310 g/mol. The zero-order valence-corrected chi connectivity index (χ0v) is 13.3. The molecular formula is C16H18N6O. The number of anilines is 1. The van der Waals surface area contributed by atoms with Gasteiger partial charge in [0.25, 0.3) is 5.91 Å². The van der Waals surface area contributed by atoms with Gasteiger partial charge in [-0.3, -0.25) is 14.0 Å². The Hall–Kier alpha value is -2.96. The van der Waals surface area contributed by atoms with Gasteiger partial charge in [-0.05, 0) is 32.4 Å². The fourth-order valence-electron chi connectivity index (χ4n) is 2.48. The van der Waals surface area contributed by atoms with Crippen LogP contribution >= 0.6 is 0 Å². The molecule has 0 saturated carbocycles. The second-order valence-corrected chi connectivity index (χ2v) is 5.24. The molecule has 2 aromatic heterocycles. The van der Waals surface area contributed by atoms with E-state index < -0.39 is 0 Å². The van der Waals surface area contributed by atoms with Gasteiger partial charge >= 0.3 is 0 Å². The van der Waals surface area contributed by atoms with Crippen molar-refractivity contribution in [1.82, 2.24) is 24.5 Å². The number of amides is 1. The summed E-state index contributed by atoms with van der Waals surface area (Å²) in [5, 5.41) is 15.1. The lowest BCUT2D eigenvalue weighted by Crippen LogP contribution is -2.15. The van der Waals surface area contributed by atoms with E-state index in [1.807, 2.05) is 49.7 Å². The van der Waals surface area contributed by atoms with Crippen molar-refractivity contribution in [2.24, 2.45) is 0 Å². The van der Waals surface area contributed by atoms with Gasteiger partial charge in [0.05, 0.1) is 5.69 Å². The Balaban J connectivity index is 2.01. The van der Waals surface area contributed by atoms with Crippen molar-refractivity contribution in [3.05, 3.63) is 53.7 Å². The van der Waals surface area contributed by atoms with E-state index in [9.17, 15) is 4.79 Å². The molecule has 118 valence electrons. The highest BCUT2D eigenvalue weighted by Gasteiger charge is 2.19. The third-order valence-corrected chi connectivity index (χ3v) is 3.78. The van der Waals surface area contributed by atoms with Gasteiger partial charge in [0, 0.05) is 12.1 Å². The molecule has 7 nitrogen and oxygen atoms in total. The summed E-state index contributed by atoms with van der Waals surface area (Å²) in [4.78, 5) is 12.6. The molecule has 1 amide bonds. The highest BCUT2D eigenvalue weighted by molar-refractivity contribution is 6.06. The maximum atomic E-state index is 12.6. The van der Waals surface area contributed by atoms with E-state index >= 15 is 0 Å². The molecule has 0 aliphatic carbocycles. The van der Waals surface area contributed by atoms with Crippen molar-refractivity contribution < 1.29 is 4.79 Å². The van der Waals surface area contributed by atoms with Crippen molar-refractivity contribution in [3.63, 3.8) is 0 Å². The van der Waals surface area contributed by atoms with Crippen LogP contribution in [-0.4, -0.2) is 30.5 Å². The topological polar surface area (TPSA) is 77.6 Å². The van der Waals surface area contributed by atoms with Crippen molar-refractivity contribution >= 4 is 11.6 Å². The highest BCUT2D eigenvalue weighted by Crippen LogP contribution is 2.24. The first kappa shape index (κ1) is 15.0. The number of carbonyl (C=O) groups is 1. The van der Waals surface area contributed by atoms with E-state index in [0.717, 1.165) is 11.3 Å². The fraction of sp³-hybridized carbons (Fsp3) is 0.250. The van der Waals surface area contributed by atoms with Gasteiger partial charge < -0.3 is 5.32 Å². The SMILES string of the molecule is CCn1nc(-n2cnnc2)c(NC(=O)c2ccccc2C)c1C. The molecule has 0 fully saturated rings. The molecule has 0 unspecified atom stereocenters. The summed E-state index contributed by atoms with van der Waals surface area (Å²) in [5.41, 5.74) is 3.13. The molecule has 1 aromatic carbocycles. The molecule has 2 heterocycles. The zero-order chi connectivity index (χ0) is 16.4. The van der Waals surface area contributed by atoms with Gasteiger partial charge in [0.1, 0.15) is 18.3 Å². The number of hydrogen-bond donors (Lipinski definition) is 1. The van der Waals surface area contributed by atoms with Crippen molar-refractivity contribution in [3.8, 4) is 5.82 Å². The Bertz CT molecular complexity index is 834. The predicted molar refractivity (Wildman–Crippen MR) is 86.7 cm³/mol. The van der Waals surface area contributed by atoms with E-state index in [4.69, 9.17) is 0 Å². The monoisotopic (exact) mass is 310 g/mol. The first-order valence-electron chi connectivity index (χ1n) is 7.41. The summed E-state index contributed by atoms with van der Waals surface area (Å²) in [6.07, 6.45) is 3.12. The molecule has 23 heavy (non-hydrogen) atoms. The number of aryl methyl sites for hydroxylation is 2. The summed E-state index contributed by atoms with van der Waals surface area (Å²) in [6.45, 7) is 6.56. The smallest absolute Gasteiger partial charge is 0.256 e. The van der Waals surface area contributed by atoms with Gasteiger partial charge in [-0.15, -0.1) is 10.2 Å². The highest BCUT2D eigenvalue weighted by atomic mass is 16.1. The summed E-state index contributed by atoms with van der Waals surface area (Å²) in [7, 11) is 0. The molecule has 7 heteroatoms. The van der Waals surface area contributed by atoms with Crippen LogP contribution in [0.25, 0.3) is 5.82 Å². The van der Waals surface area contributed by atoms with Gasteiger partial charge in [-0.1, -0.05) is 18.2 Å². The largest absolute Gasteiger partial charge is 0.317 e. The molecule has 0 spiro atoms. The minimum absolute atomic E-state index is 0.156. The van der Waals surface area contributed by atoms with Crippen LogP contribution in [0.1, 0.15) is 28.5 Å². The second kappa shape index (κ2) is 6.04. The molecule has 0 bridgehead atoms. The third-order valence-electron chi connectivity index (χ3n) is 3.78. The number of aromatic nitrogens is 5. The van der Waals surface area contributed by atoms with E-state index in [1.54, 1.807) is 17.2 Å². The number of hydrogen-bond acceptors (Lipinski definition) is 4. The molecule has 0 atom stereocenters. The summed E-state index contributed by atoms with van der Waals surface area (Å²) < 4.78 is 3.52. The molecule has 0 saturated heterocycles. The van der Waals surface area contributed by atoms with Crippen molar-refractivity contribution in [2.45, 2.75) is 27.3 Å². The van der Waals surface area contributed by atoms with E-state index in [0.29, 0.717) is 23.6 Å². The Morgan fingerprint density at radius 1 is 1.17 bits per heavy atom. The summed E-state index contributed by atoms with van der Waals surface area (Å²) in [6, 6.07) is 7.49. The summed E-state index contributed by atoms with van der Waals surface area (Å²) >= 11 is 0. The average Bonchev–Trinajstić information content (AvgIpc) is 3.17. The van der Waals surface area contributed by atoms with Crippen LogP contribution in [0.15, 0.2) is 36.9 Å². The van der Waals surface area contributed by atoms with Crippen LogP contribution < -0.4 is 5.32 Å². The Labute approximate surface area is 134 Å². The molecule has 0 aliphatic rings. The number of nitrogens with one attached hydrogen (secondary N) is 1. The van der Waals surface area contributed by atoms with E-state index in [-0.39, 0.29) is 5.91 Å². The minimum atomic E-state index is -0.156. The van der Waals surface area contributed by atoms with E-state index in [1.165, 1.54) is 0 Å².